The molecule has 1 heterocycles. The fourth-order valence-electron chi connectivity index (χ4n) is 4.12. The average molecular weight is 323 g/mol. The zero-order chi connectivity index (χ0) is 16.8. The number of rotatable bonds is 2. The van der Waals surface area contributed by atoms with Gasteiger partial charge in [-0.1, -0.05) is 60.2 Å². The summed E-state index contributed by atoms with van der Waals surface area (Å²) >= 11 is 0. The minimum Gasteiger partial charge on any atom is -0.341 e. The largest absolute Gasteiger partial charge is 0.341 e. The molecule has 0 radical (unpaired) electrons. The third kappa shape index (κ3) is 2.47. The summed E-state index contributed by atoms with van der Waals surface area (Å²) in [7, 11) is 0. The van der Waals surface area contributed by atoms with Gasteiger partial charge in [0.1, 0.15) is 0 Å². The van der Waals surface area contributed by atoms with E-state index in [-0.39, 0.29) is 0 Å². The average Bonchev–Trinajstić information content (AvgIpc) is 3.25. The molecular formula is C24H21N. The van der Waals surface area contributed by atoms with Crippen molar-refractivity contribution < 1.29 is 0 Å². The highest BCUT2D eigenvalue weighted by molar-refractivity contribution is 5.89. The van der Waals surface area contributed by atoms with Crippen molar-refractivity contribution in [2.45, 2.75) is 19.8 Å². The van der Waals surface area contributed by atoms with E-state index in [0.717, 1.165) is 19.4 Å². The van der Waals surface area contributed by atoms with Gasteiger partial charge in [-0.25, -0.2) is 0 Å². The van der Waals surface area contributed by atoms with Gasteiger partial charge in [0.2, 0.25) is 0 Å². The fourth-order valence-corrected chi connectivity index (χ4v) is 4.12. The first-order valence-electron chi connectivity index (χ1n) is 9.04. The van der Waals surface area contributed by atoms with Gasteiger partial charge in [-0.2, -0.15) is 0 Å². The SMILES string of the molecule is Cc1ccc2c(c1)CCN2c1ccc(C2=Cc3ccccc3C2)cc1. The lowest BCUT2D eigenvalue weighted by molar-refractivity contribution is 0.998. The number of hydrogen-bond acceptors (Lipinski definition) is 1. The van der Waals surface area contributed by atoms with Crippen LogP contribution in [0.2, 0.25) is 0 Å². The van der Waals surface area contributed by atoms with Crippen LogP contribution in [0.4, 0.5) is 11.4 Å². The number of anilines is 2. The second-order valence-electron chi connectivity index (χ2n) is 7.13. The summed E-state index contributed by atoms with van der Waals surface area (Å²) < 4.78 is 0. The zero-order valence-electron chi connectivity index (χ0n) is 14.5. The summed E-state index contributed by atoms with van der Waals surface area (Å²) in [6.45, 7) is 3.25. The maximum Gasteiger partial charge on any atom is 0.0444 e. The first-order valence-corrected chi connectivity index (χ1v) is 9.04. The van der Waals surface area contributed by atoms with Crippen LogP contribution in [0.25, 0.3) is 11.6 Å². The van der Waals surface area contributed by atoms with E-state index in [2.05, 4.69) is 84.6 Å². The lowest BCUT2D eigenvalue weighted by Gasteiger charge is -2.20. The molecule has 25 heavy (non-hydrogen) atoms. The standard InChI is InChI=1S/C24H21N/c1-17-6-11-24-21(14-17)12-13-25(24)23-9-7-18(8-10-23)22-15-19-4-2-3-5-20(19)16-22/h2-11,14-15H,12-13,16H2,1H3. The van der Waals surface area contributed by atoms with Gasteiger partial charge in [-0.05, 0) is 65.8 Å². The Bertz CT molecular complexity index is 979. The fraction of sp³-hybridized carbons (Fsp3) is 0.167. The molecule has 1 aliphatic carbocycles. The molecule has 0 saturated carbocycles. The Balaban J connectivity index is 1.43. The third-order valence-corrected chi connectivity index (χ3v) is 5.45. The minimum absolute atomic E-state index is 1.04. The van der Waals surface area contributed by atoms with Gasteiger partial charge in [0.05, 0.1) is 0 Å². The summed E-state index contributed by atoms with van der Waals surface area (Å²) in [5, 5.41) is 0. The molecule has 1 aliphatic heterocycles. The van der Waals surface area contributed by atoms with Crippen LogP contribution in [-0.2, 0) is 12.8 Å². The van der Waals surface area contributed by atoms with E-state index in [0.29, 0.717) is 0 Å². The molecule has 3 aromatic carbocycles. The van der Waals surface area contributed by atoms with Crippen molar-refractivity contribution in [2.75, 3.05) is 11.4 Å². The lowest BCUT2D eigenvalue weighted by Crippen LogP contribution is -2.13. The van der Waals surface area contributed by atoms with Crippen LogP contribution in [0.1, 0.15) is 27.8 Å². The predicted molar refractivity (Wildman–Crippen MR) is 106 cm³/mol. The van der Waals surface area contributed by atoms with Gasteiger partial charge in [0, 0.05) is 17.9 Å². The second-order valence-corrected chi connectivity index (χ2v) is 7.13. The number of nitrogens with zero attached hydrogens (tertiary/aromatic N) is 1. The van der Waals surface area contributed by atoms with Gasteiger partial charge in [-0.15, -0.1) is 0 Å². The maximum atomic E-state index is 2.44. The highest BCUT2D eigenvalue weighted by Crippen LogP contribution is 2.37. The number of hydrogen-bond donors (Lipinski definition) is 0. The molecule has 0 unspecified atom stereocenters. The minimum atomic E-state index is 1.04. The topological polar surface area (TPSA) is 3.24 Å². The van der Waals surface area contributed by atoms with Crippen LogP contribution in [0.3, 0.4) is 0 Å². The van der Waals surface area contributed by atoms with Crippen molar-refractivity contribution >= 4 is 23.0 Å². The molecule has 0 bridgehead atoms. The molecule has 5 rings (SSSR count). The molecule has 1 heteroatoms. The molecule has 0 saturated heterocycles. The van der Waals surface area contributed by atoms with Crippen molar-refractivity contribution in [3.05, 3.63) is 94.5 Å². The van der Waals surface area contributed by atoms with Crippen LogP contribution >= 0.6 is 0 Å². The third-order valence-electron chi connectivity index (χ3n) is 5.45. The van der Waals surface area contributed by atoms with Crippen LogP contribution in [-0.4, -0.2) is 6.54 Å². The number of benzene rings is 3. The van der Waals surface area contributed by atoms with Gasteiger partial charge in [-0.3, -0.25) is 0 Å². The first kappa shape index (κ1) is 14.5. The van der Waals surface area contributed by atoms with Crippen LogP contribution in [0.15, 0.2) is 66.7 Å². The van der Waals surface area contributed by atoms with Crippen molar-refractivity contribution in [3.63, 3.8) is 0 Å². The number of allylic oxidation sites excluding steroid dienone is 1. The monoisotopic (exact) mass is 323 g/mol. The highest BCUT2D eigenvalue weighted by Gasteiger charge is 2.20. The number of aryl methyl sites for hydroxylation is 1. The van der Waals surface area contributed by atoms with Crippen molar-refractivity contribution in [1.29, 1.82) is 0 Å². The van der Waals surface area contributed by atoms with E-state index in [9.17, 15) is 0 Å². The Morgan fingerprint density at radius 2 is 1.68 bits per heavy atom. The van der Waals surface area contributed by atoms with E-state index in [1.165, 1.54) is 44.8 Å². The molecule has 0 spiro atoms. The smallest absolute Gasteiger partial charge is 0.0444 e. The van der Waals surface area contributed by atoms with E-state index >= 15 is 0 Å². The Kier molecular flexibility index (Phi) is 3.27. The van der Waals surface area contributed by atoms with E-state index in [4.69, 9.17) is 0 Å². The number of fused-ring (bicyclic) bond motifs is 2. The maximum absolute atomic E-state index is 2.44. The first-order chi connectivity index (χ1) is 12.3. The van der Waals surface area contributed by atoms with Gasteiger partial charge in [0.15, 0.2) is 0 Å². The summed E-state index contributed by atoms with van der Waals surface area (Å²) in [5.41, 5.74) is 11.0. The van der Waals surface area contributed by atoms with Crippen molar-refractivity contribution in [2.24, 2.45) is 0 Å². The molecule has 0 fully saturated rings. The zero-order valence-corrected chi connectivity index (χ0v) is 14.5. The van der Waals surface area contributed by atoms with Gasteiger partial charge in [0.25, 0.3) is 0 Å². The molecular weight excluding hydrogens is 302 g/mol. The molecule has 0 N–H and O–H groups in total. The van der Waals surface area contributed by atoms with Gasteiger partial charge < -0.3 is 4.90 Å². The highest BCUT2D eigenvalue weighted by atomic mass is 15.2. The quantitative estimate of drug-likeness (QED) is 0.577. The van der Waals surface area contributed by atoms with E-state index in [1.54, 1.807) is 0 Å². The van der Waals surface area contributed by atoms with E-state index < -0.39 is 0 Å². The van der Waals surface area contributed by atoms with Crippen molar-refractivity contribution in [1.82, 2.24) is 0 Å². The molecule has 0 aromatic heterocycles. The summed E-state index contributed by atoms with van der Waals surface area (Å²) in [6.07, 6.45) is 4.51. The molecule has 0 atom stereocenters. The molecule has 3 aromatic rings. The van der Waals surface area contributed by atoms with Crippen LogP contribution in [0.5, 0.6) is 0 Å². The normalized spacial score (nSPS) is 15.1. The second kappa shape index (κ2) is 5.63. The summed E-state index contributed by atoms with van der Waals surface area (Å²) in [5.74, 6) is 0. The predicted octanol–water partition coefficient (Wildman–Crippen LogP) is 5.79. The summed E-state index contributed by atoms with van der Waals surface area (Å²) in [4.78, 5) is 2.44. The molecule has 0 amide bonds. The Hall–Kier alpha value is -2.80. The molecule has 2 aliphatic rings. The summed E-state index contributed by atoms with van der Waals surface area (Å²) in [6, 6.07) is 24.6. The van der Waals surface area contributed by atoms with Crippen LogP contribution in [0, 0.1) is 6.92 Å². The van der Waals surface area contributed by atoms with Crippen LogP contribution < -0.4 is 4.90 Å². The Morgan fingerprint density at radius 1 is 0.840 bits per heavy atom. The molecule has 1 nitrogen and oxygen atoms in total. The van der Waals surface area contributed by atoms with Gasteiger partial charge >= 0.3 is 0 Å². The lowest BCUT2D eigenvalue weighted by atomic mass is 10.0. The van der Waals surface area contributed by atoms with E-state index in [1.807, 2.05) is 0 Å². The molecule has 122 valence electrons. The van der Waals surface area contributed by atoms with Crippen molar-refractivity contribution in [3.8, 4) is 0 Å². The Labute approximate surface area is 149 Å². The Morgan fingerprint density at radius 3 is 2.52 bits per heavy atom.